The van der Waals surface area contributed by atoms with Gasteiger partial charge in [0.1, 0.15) is 0 Å². The second kappa shape index (κ2) is 6.57. The molecule has 1 saturated carbocycles. The van der Waals surface area contributed by atoms with Crippen molar-refractivity contribution < 1.29 is 8.42 Å². The van der Waals surface area contributed by atoms with Crippen molar-refractivity contribution in [2.24, 2.45) is 5.92 Å². The van der Waals surface area contributed by atoms with Crippen LogP contribution in [0.4, 0.5) is 0 Å². The number of hydrogen-bond donors (Lipinski definition) is 2. The quantitative estimate of drug-likeness (QED) is 0.692. The molecule has 0 spiro atoms. The Hall–Kier alpha value is -0.130. The van der Waals surface area contributed by atoms with Crippen LogP contribution in [0.3, 0.4) is 0 Å². The molecule has 1 aliphatic rings. The lowest BCUT2D eigenvalue weighted by Gasteiger charge is -2.27. The Balaban J connectivity index is 1.99. The van der Waals surface area contributed by atoms with Gasteiger partial charge in [-0.3, -0.25) is 0 Å². The van der Waals surface area contributed by atoms with Crippen LogP contribution in [0.2, 0.25) is 0 Å². The van der Waals surface area contributed by atoms with Crippen molar-refractivity contribution in [2.75, 3.05) is 19.3 Å². The van der Waals surface area contributed by atoms with Gasteiger partial charge in [0.15, 0.2) is 0 Å². The molecule has 0 aliphatic heterocycles. The zero-order chi connectivity index (χ0) is 12.0. The van der Waals surface area contributed by atoms with E-state index < -0.39 is 10.0 Å². The highest BCUT2D eigenvalue weighted by Crippen LogP contribution is 2.23. The maximum atomic E-state index is 10.8. The third-order valence-electron chi connectivity index (χ3n) is 3.17. The summed E-state index contributed by atoms with van der Waals surface area (Å²) < 4.78 is 24.1. The molecule has 0 saturated heterocycles. The Kier molecular flexibility index (Phi) is 5.72. The molecular formula is C11H24N2O2S. The molecule has 0 amide bonds. The summed E-state index contributed by atoms with van der Waals surface area (Å²) in [5.74, 6) is 0.880. The highest BCUT2D eigenvalue weighted by atomic mass is 32.2. The maximum absolute atomic E-state index is 10.8. The summed E-state index contributed by atoms with van der Waals surface area (Å²) in [7, 11) is -3.01. The molecular weight excluding hydrogens is 224 g/mol. The average molecular weight is 248 g/mol. The van der Waals surface area contributed by atoms with Crippen molar-refractivity contribution in [1.29, 1.82) is 0 Å². The highest BCUT2D eigenvalue weighted by molar-refractivity contribution is 7.88. The van der Waals surface area contributed by atoms with Crippen LogP contribution < -0.4 is 10.0 Å². The van der Waals surface area contributed by atoms with Gasteiger partial charge in [0.2, 0.25) is 10.0 Å². The SMILES string of the molecule is CC1CCC(NCCCNS(C)(=O)=O)CC1. The normalized spacial score (nSPS) is 26.9. The fourth-order valence-electron chi connectivity index (χ4n) is 2.12. The van der Waals surface area contributed by atoms with Gasteiger partial charge in [0.05, 0.1) is 6.26 Å². The molecule has 0 heterocycles. The Morgan fingerprint density at radius 1 is 1.12 bits per heavy atom. The first kappa shape index (κ1) is 13.9. The van der Waals surface area contributed by atoms with Gasteiger partial charge >= 0.3 is 0 Å². The molecule has 0 aromatic carbocycles. The highest BCUT2D eigenvalue weighted by Gasteiger charge is 2.16. The molecule has 4 nitrogen and oxygen atoms in total. The average Bonchev–Trinajstić information content (AvgIpc) is 2.19. The lowest BCUT2D eigenvalue weighted by Crippen LogP contribution is -2.35. The molecule has 1 fully saturated rings. The molecule has 2 N–H and O–H groups in total. The Morgan fingerprint density at radius 2 is 1.75 bits per heavy atom. The predicted molar refractivity (Wildman–Crippen MR) is 66.9 cm³/mol. The summed E-state index contributed by atoms with van der Waals surface area (Å²) >= 11 is 0. The van der Waals surface area contributed by atoms with E-state index in [0.29, 0.717) is 12.6 Å². The lowest BCUT2D eigenvalue weighted by molar-refractivity contribution is 0.307. The van der Waals surface area contributed by atoms with E-state index in [9.17, 15) is 8.42 Å². The van der Waals surface area contributed by atoms with Gasteiger partial charge in [0.25, 0.3) is 0 Å². The van der Waals surface area contributed by atoms with Crippen LogP contribution in [0.25, 0.3) is 0 Å². The van der Waals surface area contributed by atoms with E-state index in [2.05, 4.69) is 17.0 Å². The van der Waals surface area contributed by atoms with Gasteiger partial charge in [0, 0.05) is 12.6 Å². The molecule has 5 heteroatoms. The number of nitrogens with one attached hydrogen (secondary N) is 2. The Bertz CT molecular complexity index is 282. The van der Waals surface area contributed by atoms with Crippen LogP contribution in [-0.4, -0.2) is 33.8 Å². The van der Waals surface area contributed by atoms with E-state index in [4.69, 9.17) is 0 Å². The molecule has 16 heavy (non-hydrogen) atoms. The van der Waals surface area contributed by atoms with Crippen molar-refractivity contribution in [3.8, 4) is 0 Å². The molecule has 0 aromatic rings. The summed E-state index contributed by atoms with van der Waals surface area (Å²) in [4.78, 5) is 0. The van der Waals surface area contributed by atoms with Crippen molar-refractivity contribution in [2.45, 2.75) is 45.1 Å². The fourth-order valence-corrected chi connectivity index (χ4v) is 2.63. The van der Waals surface area contributed by atoms with Gasteiger partial charge in [-0.05, 0) is 44.6 Å². The van der Waals surface area contributed by atoms with Crippen LogP contribution in [0.5, 0.6) is 0 Å². The molecule has 0 unspecified atom stereocenters. The standard InChI is InChI=1S/C11H24N2O2S/c1-10-4-6-11(7-5-10)12-8-3-9-13-16(2,14)15/h10-13H,3-9H2,1-2H3. The van der Waals surface area contributed by atoms with Gasteiger partial charge in [-0.15, -0.1) is 0 Å². The largest absolute Gasteiger partial charge is 0.314 e. The van der Waals surface area contributed by atoms with Crippen LogP contribution in [0.15, 0.2) is 0 Å². The van der Waals surface area contributed by atoms with Crippen LogP contribution >= 0.6 is 0 Å². The summed E-state index contributed by atoms with van der Waals surface area (Å²) in [6, 6.07) is 0.648. The third-order valence-corrected chi connectivity index (χ3v) is 3.90. The Morgan fingerprint density at radius 3 is 2.31 bits per heavy atom. The zero-order valence-electron chi connectivity index (χ0n) is 10.3. The molecule has 0 aromatic heterocycles. The Labute approximate surface area is 99.2 Å². The minimum atomic E-state index is -3.01. The molecule has 1 rings (SSSR count). The summed E-state index contributed by atoms with van der Waals surface area (Å²) in [5.41, 5.74) is 0. The van der Waals surface area contributed by atoms with E-state index in [-0.39, 0.29) is 0 Å². The van der Waals surface area contributed by atoms with Crippen molar-refractivity contribution in [3.63, 3.8) is 0 Å². The van der Waals surface area contributed by atoms with E-state index in [1.165, 1.54) is 31.9 Å². The number of sulfonamides is 1. The van der Waals surface area contributed by atoms with Crippen molar-refractivity contribution in [3.05, 3.63) is 0 Å². The third kappa shape index (κ3) is 6.45. The number of rotatable bonds is 6. The van der Waals surface area contributed by atoms with E-state index in [1.807, 2.05) is 0 Å². The second-order valence-electron chi connectivity index (χ2n) is 4.93. The second-order valence-corrected chi connectivity index (χ2v) is 6.76. The molecule has 1 aliphatic carbocycles. The fraction of sp³-hybridized carbons (Fsp3) is 1.00. The van der Waals surface area contributed by atoms with Gasteiger partial charge in [-0.25, -0.2) is 13.1 Å². The van der Waals surface area contributed by atoms with Crippen molar-refractivity contribution >= 4 is 10.0 Å². The van der Waals surface area contributed by atoms with Crippen LogP contribution in [0.1, 0.15) is 39.0 Å². The zero-order valence-corrected chi connectivity index (χ0v) is 11.1. The summed E-state index contributed by atoms with van der Waals surface area (Å²) in [6.07, 6.45) is 7.22. The predicted octanol–water partition coefficient (Wildman–Crippen LogP) is 1.09. The summed E-state index contributed by atoms with van der Waals surface area (Å²) in [6.45, 7) is 3.75. The first-order valence-electron chi connectivity index (χ1n) is 6.15. The maximum Gasteiger partial charge on any atom is 0.208 e. The van der Waals surface area contributed by atoms with Gasteiger partial charge < -0.3 is 5.32 Å². The van der Waals surface area contributed by atoms with E-state index in [1.54, 1.807) is 0 Å². The molecule has 0 atom stereocenters. The minimum Gasteiger partial charge on any atom is -0.314 e. The first-order chi connectivity index (χ1) is 7.47. The number of hydrogen-bond acceptors (Lipinski definition) is 3. The van der Waals surface area contributed by atoms with Gasteiger partial charge in [-0.2, -0.15) is 0 Å². The first-order valence-corrected chi connectivity index (χ1v) is 8.04. The summed E-state index contributed by atoms with van der Waals surface area (Å²) in [5, 5.41) is 3.49. The lowest BCUT2D eigenvalue weighted by atomic mass is 9.87. The molecule has 96 valence electrons. The molecule has 0 radical (unpaired) electrons. The van der Waals surface area contributed by atoms with Gasteiger partial charge in [-0.1, -0.05) is 6.92 Å². The van der Waals surface area contributed by atoms with Crippen LogP contribution in [-0.2, 0) is 10.0 Å². The van der Waals surface area contributed by atoms with E-state index >= 15 is 0 Å². The monoisotopic (exact) mass is 248 g/mol. The molecule has 0 bridgehead atoms. The smallest absolute Gasteiger partial charge is 0.208 e. The van der Waals surface area contributed by atoms with Crippen LogP contribution in [0, 0.1) is 5.92 Å². The van der Waals surface area contributed by atoms with E-state index in [0.717, 1.165) is 18.9 Å². The van der Waals surface area contributed by atoms with Crippen molar-refractivity contribution in [1.82, 2.24) is 10.0 Å². The topological polar surface area (TPSA) is 58.2 Å². The minimum absolute atomic E-state index is 0.537.